The molecular formula is C20H20N2O4S. The van der Waals surface area contributed by atoms with Crippen molar-refractivity contribution in [3.8, 4) is 10.6 Å². The number of rotatable bonds is 7. The molecule has 0 atom stereocenters. The molecule has 0 aliphatic heterocycles. The minimum Gasteiger partial charge on any atom is -0.468 e. The molecule has 0 aliphatic rings. The Morgan fingerprint density at radius 1 is 1.15 bits per heavy atom. The number of aromatic nitrogens is 1. The summed E-state index contributed by atoms with van der Waals surface area (Å²) in [5.74, 6) is -0.731. The summed E-state index contributed by atoms with van der Waals surface area (Å²) in [4.78, 5) is 32.1. The molecule has 3 rings (SSSR count). The normalized spacial score (nSPS) is 10.7. The summed E-state index contributed by atoms with van der Waals surface area (Å²) in [7, 11) is 2.86. The molecule has 0 saturated heterocycles. The zero-order chi connectivity index (χ0) is 19.2. The van der Waals surface area contributed by atoms with E-state index in [4.69, 9.17) is 9.47 Å². The van der Waals surface area contributed by atoms with Gasteiger partial charge in [-0.25, -0.2) is 4.98 Å². The molecule has 2 heterocycles. The quantitative estimate of drug-likeness (QED) is 0.585. The van der Waals surface area contributed by atoms with Crippen LogP contribution in [0.3, 0.4) is 0 Å². The Hall–Kier alpha value is -2.77. The van der Waals surface area contributed by atoms with Crippen molar-refractivity contribution in [1.82, 2.24) is 9.88 Å². The largest absolute Gasteiger partial charge is 0.468 e. The molecule has 7 heteroatoms. The van der Waals surface area contributed by atoms with Gasteiger partial charge in [-0.15, -0.1) is 11.3 Å². The smallest absolute Gasteiger partial charge is 0.325 e. The van der Waals surface area contributed by atoms with E-state index in [0.717, 1.165) is 21.5 Å². The van der Waals surface area contributed by atoms with E-state index in [1.807, 2.05) is 41.8 Å². The number of carbonyl (C=O) groups is 2. The van der Waals surface area contributed by atoms with Gasteiger partial charge in [-0.1, -0.05) is 24.3 Å². The molecule has 0 radical (unpaired) electrons. The average Bonchev–Trinajstić information content (AvgIpc) is 3.24. The molecule has 2 aromatic heterocycles. The second kappa shape index (κ2) is 8.75. The predicted molar refractivity (Wildman–Crippen MR) is 105 cm³/mol. The molecule has 27 heavy (non-hydrogen) atoms. The van der Waals surface area contributed by atoms with E-state index in [0.29, 0.717) is 12.2 Å². The van der Waals surface area contributed by atoms with Crippen LogP contribution in [0, 0.1) is 0 Å². The van der Waals surface area contributed by atoms with Gasteiger partial charge in [-0.3, -0.25) is 9.59 Å². The lowest BCUT2D eigenvalue weighted by molar-refractivity contribution is -0.141. The van der Waals surface area contributed by atoms with Gasteiger partial charge in [0.15, 0.2) is 0 Å². The number of amides is 1. The van der Waals surface area contributed by atoms with Gasteiger partial charge in [0.25, 0.3) is 5.91 Å². The maximum absolute atomic E-state index is 13.3. The summed E-state index contributed by atoms with van der Waals surface area (Å²) < 4.78 is 9.82. The van der Waals surface area contributed by atoms with Crippen molar-refractivity contribution in [3.05, 3.63) is 53.4 Å². The van der Waals surface area contributed by atoms with E-state index in [1.165, 1.54) is 12.0 Å². The number of para-hydroxylation sites is 1. The Kier molecular flexibility index (Phi) is 6.16. The fraction of sp³-hybridized carbons (Fsp3) is 0.250. The highest BCUT2D eigenvalue weighted by Crippen LogP contribution is 2.28. The Labute approximate surface area is 161 Å². The van der Waals surface area contributed by atoms with Crippen LogP contribution in [0.5, 0.6) is 0 Å². The molecule has 0 unspecified atom stereocenters. The average molecular weight is 384 g/mol. The minimum atomic E-state index is -0.476. The number of pyridine rings is 1. The number of carbonyl (C=O) groups excluding carboxylic acids is 2. The molecular weight excluding hydrogens is 364 g/mol. The van der Waals surface area contributed by atoms with Crippen LogP contribution in [0.4, 0.5) is 0 Å². The second-order valence-corrected chi connectivity index (χ2v) is 6.79. The number of fused-ring (bicyclic) bond motifs is 1. The van der Waals surface area contributed by atoms with Crippen LogP contribution >= 0.6 is 11.3 Å². The van der Waals surface area contributed by atoms with Crippen molar-refractivity contribution in [1.29, 1.82) is 0 Å². The van der Waals surface area contributed by atoms with Crippen LogP contribution in [-0.4, -0.2) is 55.7 Å². The molecule has 0 saturated carbocycles. The number of thiophene rings is 1. The predicted octanol–water partition coefficient (Wildman–Crippen LogP) is 3.22. The molecule has 0 aliphatic carbocycles. The van der Waals surface area contributed by atoms with Gasteiger partial charge < -0.3 is 14.4 Å². The molecule has 0 fully saturated rings. The topological polar surface area (TPSA) is 68.7 Å². The van der Waals surface area contributed by atoms with Gasteiger partial charge in [0, 0.05) is 19.0 Å². The lowest BCUT2D eigenvalue weighted by Gasteiger charge is -2.22. The first kappa shape index (κ1) is 19.0. The summed E-state index contributed by atoms with van der Waals surface area (Å²) in [5, 5.41) is 2.71. The van der Waals surface area contributed by atoms with Crippen LogP contribution in [0.15, 0.2) is 47.8 Å². The first-order valence-corrected chi connectivity index (χ1v) is 9.30. The molecule has 0 spiro atoms. The number of hydrogen-bond donors (Lipinski definition) is 0. The highest BCUT2D eigenvalue weighted by Gasteiger charge is 2.22. The van der Waals surface area contributed by atoms with Gasteiger partial charge in [0.2, 0.25) is 0 Å². The van der Waals surface area contributed by atoms with E-state index < -0.39 is 5.97 Å². The zero-order valence-electron chi connectivity index (χ0n) is 15.2. The van der Waals surface area contributed by atoms with Crippen LogP contribution in [0.25, 0.3) is 21.5 Å². The van der Waals surface area contributed by atoms with E-state index in [9.17, 15) is 9.59 Å². The number of nitrogens with zero attached hydrogens (tertiary/aromatic N) is 2. The fourth-order valence-electron chi connectivity index (χ4n) is 2.75. The lowest BCUT2D eigenvalue weighted by Crippen LogP contribution is -2.38. The summed E-state index contributed by atoms with van der Waals surface area (Å²) in [6.45, 7) is 0.475. The third kappa shape index (κ3) is 4.32. The van der Waals surface area contributed by atoms with Crippen LogP contribution < -0.4 is 0 Å². The molecule has 3 aromatic rings. The molecule has 0 bridgehead atoms. The molecule has 0 N–H and O–H groups in total. The Balaban J connectivity index is 2.06. The highest BCUT2D eigenvalue weighted by atomic mass is 32.1. The van der Waals surface area contributed by atoms with Gasteiger partial charge in [0.05, 0.1) is 35.4 Å². The third-order valence-electron chi connectivity index (χ3n) is 4.12. The van der Waals surface area contributed by atoms with E-state index in [1.54, 1.807) is 24.5 Å². The summed E-state index contributed by atoms with van der Waals surface area (Å²) in [5.41, 5.74) is 1.97. The monoisotopic (exact) mass is 384 g/mol. The fourth-order valence-corrected chi connectivity index (χ4v) is 3.43. The third-order valence-corrected chi connectivity index (χ3v) is 5.01. The van der Waals surface area contributed by atoms with E-state index in [2.05, 4.69) is 4.98 Å². The van der Waals surface area contributed by atoms with Crippen molar-refractivity contribution in [2.75, 3.05) is 33.9 Å². The highest BCUT2D eigenvalue weighted by molar-refractivity contribution is 7.13. The maximum atomic E-state index is 13.3. The number of benzene rings is 1. The Bertz CT molecular complexity index is 940. The summed E-state index contributed by atoms with van der Waals surface area (Å²) in [6, 6.07) is 13.2. The van der Waals surface area contributed by atoms with Crippen LogP contribution in [0.2, 0.25) is 0 Å². The first-order valence-electron chi connectivity index (χ1n) is 8.42. The summed E-state index contributed by atoms with van der Waals surface area (Å²) in [6.07, 6.45) is 0. The Morgan fingerprint density at radius 2 is 1.96 bits per heavy atom. The van der Waals surface area contributed by atoms with Gasteiger partial charge in [0.1, 0.15) is 6.54 Å². The Morgan fingerprint density at radius 3 is 2.67 bits per heavy atom. The number of methoxy groups -OCH3 is 2. The maximum Gasteiger partial charge on any atom is 0.325 e. The van der Waals surface area contributed by atoms with E-state index in [-0.39, 0.29) is 19.0 Å². The van der Waals surface area contributed by atoms with Crippen LogP contribution in [-0.2, 0) is 14.3 Å². The van der Waals surface area contributed by atoms with Crippen LogP contribution in [0.1, 0.15) is 10.4 Å². The van der Waals surface area contributed by atoms with Crippen molar-refractivity contribution >= 4 is 34.1 Å². The SMILES string of the molecule is COCCN(CC(=O)OC)C(=O)c1cc(-c2cccs2)nc2ccccc12. The molecule has 6 nitrogen and oxygen atoms in total. The number of ether oxygens (including phenoxy) is 2. The zero-order valence-corrected chi connectivity index (χ0v) is 16.0. The first-order chi connectivity index (χ1) is 13.1. The van der Waals surface area contributed by atoms with Crippen molar-refractivity contribution in [2.45, 2.75) is 0 Å². The number of esters is 1. The van der Waals surface area contributed by atoms with Crippen molar-refractivity contribution < 1.29 is 19.1 Å². The molecule has 140 valence electrons. The number of hydrogen-bond acceptors (Lipinski definition) is 6. The van der Waals surface area contributed by atoms with Crippen molar-refractivity contribution in [2.24, 2.45) is 0 Å². The lowest BCUT2D eigenvalue weighted by atomic mass is 10.1. The minimum absolute atomic E-state index is 0.135. The van der Waals surface area contributed by atoms with Gasteiger partial charge in [-0.2, -0.15) is 0 Å². The summed E-state index contributed by atoms with van der Waals surface area (Å²) >= 11 is 1.56. The second-order valence-electron chi connectivity index (χ2n) is 5.85. The van der Waals surface area contributed by atoms with Gasteiger partial charge in [-0.05, 0) is 23.6 Å². The molecule has 1 amide bonds. The van der Waals surface area contributed by atoms with Gasteiger partial charge >= 0.3 is 5.97 Å². The van der Waals surface area contributed by atoms with Crippen molar-refractivity contribution in [3.63, 3.8) is 0 Å². The standard InChI is InChI=1S/C20H20N2O4S/c1-25-10-9-22(13-19(23)26-2)20(24)15-12-17(18-8-5-11-27-18)21-16-7-4-3-6-14(15)16/h3-8,11-12H,9-10,13H2,1-2H3. The molecule has 1 aromatic carbocycles. The van der Waals surface area contributed by atoms with E-state index >= 15 is 0 Å².